The molecule has 33 heavy (non-hydrogen) atoms. The molecule has 1 N–H and O–H groups in total. The average molecular weight is 440 g/mol. The first-order chi connectivity index (χ1) is 15.9. The van der Waals surface area contributed by atoms with Gasteiger partial charge in [-0.2, -0.15) is 5.26 Å². The number of nitriles is 1. The SMILES string of the molecule is C[N+]1(C)CCN(Cc2cccc(-c3cccc(CNC(=O)c4cccc(C#N)c4)c3)c2)CC1. The zero-order valence-electron chi connectivity index (χ0n) is 19.4. The standard InChI is InChI=1S/C28H30N4O/c1-32(2)14-12-31(13-15-32)21-24-8-5-10-26(18-24)25-9-4-7-23(17-25)20-30-28(33)27-11-3-6-22(16-27)19-29/h3-11,16-18H,12-15,20-21H2,1-2H3/p+1. The van der Waals surface area contributed by atoms with Gasteiger partial charge < -0.3 is 9.80 Å². The second-order valence-electron chi connectivity index (χ2n) is 9.44. The fourth-order valence-corrected chi connectivity index (χ4v) is 4.19. The Kier molecular flexibility index (Phi) is 6.88. The van der Waals surface area contributed by atoms with Crippen molar-refractivity contribution in [3.63, 3.8) is 0 Å². The molecule has 0 unspecified atom stereocenters. The largest absolute Gasteiger partial charge is 0.348 e. The van der Waals surface area contributed by atoms with Gasteiger partial charge in [0, 0.05) is 31.7 Å². The van der Waals surface area contributed by atoms with Crippen molar-refractivity contribution < 1.29 is 9.28 Å². The van der Waals surface area contributed by atoms with Crippen LogP contribution >= 0.6 is 0 Å². The van der Waals surface area contributed by atoms with E-state index in [1.54, 1.807) is 24.3 Å². The molecule has 1 aliphatic heterocycles. The fraction of sp³-hybridized carbons (Fsp3) is 0.286. The summed E-state index contributed by atoms with van der Waals surface area (Å²) in [5, 5.41) is 12.0. The molecule has 0 bridgehead atoms. The van der Waals surface area contributed by atoms with Crippen LogP contribution in [0.1, 0.15) is 27.0 Å². The number of likely N-dealkylation sites (N-methyl/N-ethyl adjacent to an activating group) is 1. The van der Waals surface area contributed by atoms with E-state index in [9.17, 15) is 4.79 Å². The highest BCUT2D eigenvalue weighted by Crippen LogP contribution is 2.23. The maximum Gasteiger partial charge on any atom is 0.251 e. The molecule has 1 heterocycles. The van der Waals surface area contributed by atoms with Crippen LogP contribution in [0.2, 0.25) is 0 Å². The van der Waals surface area contributed by atoms with Crippen LogP contribution in [0.5, 0.6) is 0 Å². The van der Waals surface area contributed by atoms with E-state index < -0.39 is 0 Å². The van der Waals surface area contributed by atoms with E-state index in [1.165, 1.54) is 24.2 Å². The van der Waals surface area contributed by atoms with Crippen molar-refractivity contribution >= 4 is 5.91 Å². The monoisotopic (exact) mass is 439 g/mol. The van der Waals surface area contributed by atoms with Gasteiger partial charge >= 0.3 is 0 Å². The third-order valence-corrected chi connectivity index (χ3v) is 6.34. The van der Waals surface area contributed by atoms with Crippen molar-refractivity contribution in [2.24, 2.45) is 0 Å². The van der Waals surface area contributed by atoms with E-state index in [1.807, 2.05) is 12.1 Å². The molecular formula is C28H31N4O+. The molecule has 3 aromatic rings. The highest BCUT2D eigenvalue weighted by atomic mass is 16.1. The molecule has 4 rings (SSSR count). The minimum atomic E-state index is -0.178. The summed E-state index contributed by atoms with van der Waals surface area (Å²) < 4.78 is 1.10. The Hall–Kier alpha value is -3.46. The van der Waals surface area contributed by atoms with Crippen molar-refractivity contribution in [1.82, 2.24) is 10.2 Å². The number of carbonyl (C=O) groups is 1. The maximum atomic E-state index is 12.5. The molecule has 1 aliphatic rings. The Balaban J connectivity index is 1.41. The molecule has 0 atom stereocenters. The number of piperazine rings is 1. The topological polar surface area (TPSA) is 56.1 Å². The second kappa shape index (κ2) is 9.99. The predicted molar refractivity (Wildman–Crippen MR) is 131 cm³/mol. The lowest BCUT2D eigenvalue weighted by Crippen LogP contribution is -2.54. The molecule has 5 heteroatoms. The van der Waals surface area contributed by atoms with E-state index in [0.29, 0.717) is 17.7 Å². The number of nitrogens with zero attached hydrogens (tertiary/aromatic N) is 3. The second-order valence-corrected chi connectivity index (χ2v) is 9.44. The molecule has 0 radical (unpaired) electrons. The highest BCUT2D eigenvalue weighted by Gasteiger charge is 2.24. The summed E-state index contributed by atoms with van der Waals surface area (Å²) in [6, 6.07) is 25.9. The summed E-state index contributed by atoms with van der Waals surface area (Å²) in [7, 11) is 4.60. The van der Waals surface area contributed by atoms with Crippen molar-refractivity contribution in [1.29, 1.82) is 5.26 Å². The minimum absolute atomic E-state index is 0.178. The first-order valence-corrected chi connectivity index (χ1v) is 11.4. The summed E-state index contributed by atoms with van der Waals surface area (Å²) in [6.07, 6.45) is 0. The van der Waals surface area contributed by atoms with E-state index in [0.717, 1.165) is 35.2 Å². The molecule has 1 amide bonds. The third kappa shape index (κ3) is 6.07. The summed E-state index contributed by atoms with van der Waals surface area (Å²) in [4.78, 5) is 15.0. The van der Waals surface area contributed by atoms with Crippen LogP contribution in [0.3, 0.4) is 0 Å². The Bertz CT molecular complexity index is 1170. The van der Waals surface area contributed by atoms with Crippen molar-refractivity contribution in [3.05, 3.63) is 95.1 Å². The predicted octanol–water partition coefficient (Wildman–Crippen LogP) is 4.05. The van der Waals surface area contributed by atoms with Gasteiger partial charge in [-0.25, -0.2) is 0 Å². The van der Waals surface area contributed by atoms with Crippen LogP contribution in [0.4, 0.5) is 0 Å². The Morgan fingerprint density at radius 1 is 0.939 bits per heavy atom. The van der Waals surface area contributed by atoms with E-state index in [-0.39, 0.29) is 5.91 Å². The van der Waals surface area contributed by atoms with Crippen LogP contribution < -0.4 is 5.32 Å². The highest BCUT2D eigenvalue weighted by molar-refractivity contribution is 5.94. The first-order valence-electron chi connectivity index (χ1n) is 11.4. The lowest BCUT2D eigenvalue weighted by Gasteiger charge is -2.39. The van der Waals surface area contributed by atoms with Crippen LogP contribution in [0.15, 0.2) is 72.8 Å². The van der Waals surface area contributed by atoms with E-state index in [4.69, 9.17) is 5.26 Å². The molecular weight excluding hydrogens is 408 g/mol. The Morgan fingerprint density at radius 3 is 2.27 bits per heavy atom. The van der Waals surface area contributed by atoms with Gasteiger partial charge in [-0.05, 0) is 52.6 Å². The van der Waals surface area contributed by atoms with Gasteiger partial charge in [-0.3, -0.25) is 9.69 Å². The molecule has 1 saturated heterocycles. The van der Waals surface area contributed by atoms with Gasteiger partial charge in [0.2, 0.25) is 0 Å². The van der Waals surface area contributed by atoms with E-state index >= 15 is 0 Å². The molecule has 0 aromatic heterocycles. The zero-order valence-corrected chi connectivity index (χ0v) is 19.4. The molecule has 5 nitrogen and oxygen atoms in total. The number of hydrogen-bond donors (Lipinski definition) is 1. The van der Waals surface area contributed by atoms with Crippen LogP contribution in [0, 0.1) is 11.3 Å². The van der Waals surface area contributed by atoms with Gasteiger partial charge in [0.25, 0.3) is 5.91 Å². The van der Waals surface area contributed by atoms with Crippen molar-refractivity contribution in [2.45, 2.75) is 13.1 Å². The number of quaternary nitrogens is 1. The molecule has 0 saturated carbocycles. The molecule has 0 aliphatic carbocycles. The normalized spacial score (nSPS) is 15.5. The van der Waals surface area contributed by atoms with Crippen molar-refractivity contribution in [2.75, 3.05) is 40.3 Å². The maximum absolute atomic E-state index is 12.5. The summed E-state index contributed by atoms with van der Waals surface area (Å²) in [5.41, 5.74) is 5.69. The van der Waals surface area contributed by atoms with Crippen LogP contribution in [0.25, 0.3) is 11.1 Å². The molecule has 168 valence electrons. The summed E-state index contributed by atoms with van der Waals surface area (Å²) >= 11 is 0. The number of rotatable bonds is 6. The number of benzene rings is 3. The average Bonchev–Trinajstić information content (AvgIpc) is 2.84. The number of nitrogens with one attached hydrogen (secondary N) is 1. The van der Waals surface area contributed by atoms with Gasteiger partial charge in [0.1, 0.15) is 0 Å². The quantitative estimate of drug-likeness (QED) is 0.590. The van der Waals surface area contributed by atoms with Crippen LogP contribution in [-0.4, -0.2) is 55.6 Å². The lowest BCUT2D eigenvalue weighted by atomic mass is 10.0. The van der Waals surface area contributed by atoms with Gasteiger partial charge in [0.15, 0.2) is 0 Å². The van der Waals surface area contributed by atoms with Gasteiger partial charge in [-0.15, -0.1) is 0 Å². The minimum Gasteiger partial charge on any atom is -0.348 e. The smallest absolute Gasteiger partial charge is 0.251 e. The first kappa shape index (κ1) is 22.7. The van der Waals surface area contributed by atoms with Gasteiger partial charge in [-0.1, -0.05) is 42.5 Å². The number of carbonyl (C=O) groups excluding carboxylic acids is 1. The lowest BCUT2D eigenvalue weighted by molar-refractivity contribution is -0.894. The number of hydrogen-bond acceptors (Lipinski definition) is 3. The Labute approximate surface area is 196 Å². The van der Waals surface area contributed by atoms with Crippen molar-refractivity contribution in [3.8, 4) is 17.2 Å². The summed E-state index contributed by atoms with van der Waals surface area (Å²) in [6.45, 7) is 6.05. The molecule has 3 aromatic carbocycles. The van der Waals surface area contributed by atoms with E-state index in [2.05, 4.69) is 66.8 Å². The van der Waals surface area contributed by atoms with Gasteiger partial charge in [0.05, 0.1) is 38.8 Å². The molecule has 1 fully saturated rings. The number of amides is 1. The zero-order chi connectivity index (χ0) is 23.3. The third-order valence-electron chi connectivity index (χ3n) is 6.34. The summed E-state index contributed by atoms with van der Waals surface area (Å²) in [5.74, 6) is -0.178. The Morgan fingerprint density at radius 2 is 1.58 bits per heavy atom. The fourth-order valence-electron chi connectivity index (χ4n) is 4.19. The van der Waals surface area contributed by atoms with Crippen LogP contribution in [-0.2, 0) is 13.1 Å². The molecule has 0 spiro atoms.